The van der Waals surface area contributed by atoms with E-state index in [1.54, 1.807) is 0 Å². The van der Waals surface area contributed by atoms with Crippen LogP contribution in [0.15, 0.2) is 36.4 Å². The average Bonchev–Trinajstić information content (AvgIpc) is 2.80. The number of hydrogen-bond acceptors (Lipinski definition) is 2. The van der Waals surface area contributed by atoms with Gasteiger partial charge in [0.25, 0.3) is 0 Å². The van der Waals surface area contributed by atoms with Gasteiger partial charge in [-0.05, 0) is 43.2 Å². The zero-order valence-corrected chi connectivity index (χ0v) is 13.0. The van der Waals surface area contributed by atoms with Crippen LogP contribution in [-0.2, 0) is 6.54 Å². The van der Waals surface area contributed by atoms with Crippen LogP contribution in [0, 0.1) is 6.92 Å². The van der Waals surface area contributed by atoms with Crippen molar-refractivity contribution in [3.63, 3.8) is 0 Å². The number of imidazole rings is 1. The largest absolute Gasteiger partial charge is 0.398 e. The Bertz CT molecular complexity index is 805. The molecular weight excluding hydrogens is 282 g/mol. The van der Waals surface area contributed by atoms with Gasteiger partial charge in [-0.15, -0.1) is 0 Å². The van der Waals surface area contributed by atoms with Gasteiger partial charge < -0.3 is 10.3 Å². The molecule has 0 fully saturated rings. The maximum Gasteiger partial charge on any atom is 0.143 e. The molecule has 2 aromatic carbocycles. The molecule has 0 aliphatic rings. The number of rotatable bonds is 3. The topological polar surface area (TPSA) is 43.8 Å². The minimum Gasteiger partial charge on any atom is -0.398 e. The van der Waals surface area contributed by atoms with Gasteiger partial charge in [0.2, 0.25) is 0 Å². The van der Waals surface area contributed by atoms with Gasteiger partial charge in [-0.1, -0.05) is 30.7 Å². The van der Waals surface area contributed by atoms with E-state index < -0.39 is 0 Å². The Morgan fingerprint density at radius 2 is 2.05 bits per heavy atom. The van der Waals surface area contributed by atoms with Crippen molar-refractivity contribution in [2.45, 2.75) is 26.8 Å². The Morgan fingerprint density at radius 1 is 1.24 bits per heavy atom. The fourth-order valence-corrected chi connectivity index (χ4v) is 2.80. The molecule has 0 unspecified atom stereocenters. The number of para-hydroxylation sites is 1. The Morgan fingerprint density at radius 3 is 2.81 bits per heavy atom. The normalized spacial score (nSPS) is 11.2. The molecule has 3 aromatic rings. The summed E-state index contributed by atoms with van der Waals surface area (Å²) in [5.41, 5.74) is 11.1. The zero-order chi connectivity index (χ0) is 15.0. The summed E-state index contributed by atoms with van der Waals surface area (Å²) in [5, 5.41) is 0.701. The number of fused-ring (bicyclic) bond motifs is 1. The monoisotopic (exact) mass is 299 g/mol. The molecular formula is C17H18ClN3. The minimum atomic E-state index is 0.701. The van der Waals surface area contributed by atoms with Crippen molar-refractivity contribution in [2.75, 3.05) is 5.73 Å². The van der Waals surface area contributed by atoms with Crippen LogP contribution < -0.4 is 5.73 Å². The SMILES string of the molecule is CCCn1c(-c2cccc(C)c2N)nc2cc(Cl)ccc21. The highest BCUT2D eigenvalue weighted by atomic mass is 35.5. The van der Waals surface area contributed by atoms with Crippen LogP contribution >= 0.6 is 11.6 Å². The van der Waals surface area contributed by atoms with Gasteiger partial charge in [-0.25, -0.2) is 4.98 Å². The standard InChI is InChI=1S/C17H18ClN3/c1-3-9-21-15-8-7-12(18)10-14(15)20-17(21)13-6-4-5-11(2)16(13)19/h4-8,10H,3,9,19H2,1-2H3. The minimum absolute atomic E-state index is 0.701. The van der Waals surface area contributed by atoms with Crippen molar-refractivity contribution in [1.29, 1.82) is 0 Å². The van der Waals surface area contributed by atoms with Crippen molar-refractivity contribution in [1.82, 2.24) is 9.55 Å². The number of nitrogen functional groups attached to an aromatic ring is 1. The molecule has 0 aliphatic carbocycles. The van der Waals surface area contributed by atoms with Crippen LogP contribution in [0.5, 0.6) is 0 Å². The van der Waals surface area contributed by atoms with Gasteiger partial charge in [0.05, 0.1) is 11.0 Å². The van der Waals surface area contributed by atoms with Gasteiger partial charge in [0.1, 0.15) is 5.82 Å². The van der Waals surface area contributed by atoms with Crippen molar-refractivity contribution in [2.24, 2.45) is 0 Å². The molecule has 3 nitrogen and oxygen atoms in total. The number of anilines is 1. The summed E-state index contributed by atoms with van der Waals surface area (Å²) in [5.74, 6) is 0.912. The van der Waals surface area contributed by atoms with Gasteiger partial charge in [0.15, 0.2) is 0 Å². The number of hydrogen-bond donors (Lipinski definition) is 1. The van der Waals surface area contributed by atoms with Crippen molar-refractivity contribution in [3.8, 4) is 11.4 Å². The van der Waals surface area contributed by atoms with Crippen LogP contribution in [0.1, 0.15) is 18.9 Å². The molecule has 0 radical (unpaired) electrons. The van der Waals surface area contributed by atoms with Crippen LogP contribution in [-0.4, -0.2) is 9.55 Å². The summed E-state index contributed by atoms with van der Waals surface area (Å²) in [6.45, 7) is 5.08. The van der Waals surface area contributed by atoms with Crippen molar-refractivity contribution >= 4 is 28.3 Å². The molecule has 3 rings (SSSR count). The van der Waals surface area contributed by atoms with Crippen LogP contribution in [0.25, 0.3) is 22.4 Å². The van der Waals surface area contributed by atoms with Gasteiger partial charge >= 0.3 is 0 Å². The predicted octanol–water partition coefficient (Wildman–Crippen LogP) is 4.66. The molecule has 0 saturated heterocycles. The van der Waals surface area contributed by atoms with E-state index in [9.17, 15) is 0 Å². The Labute approximate surface area is 129 Å². The number of halogens is 1. The summed E-state index contributed by atoms with van der Waals surface area (Å²) in [6, 6.07) is 11.9. The first-order valence-corrected chi connectivity index (χ1v) is 7.51. The van der Waals surface area contributed by atoms with E-state index in [4.69, 9.17) is 22.3 Å². The van der Waals surface area contributed by atoms with Gasteiger partial charge in [-0.3, -0.25) is 0 Å². The number of nitrogens with zero attached hydrogens (tertiary/aromatic N) is 2. The van der Waals surface area contributed by atoms with E-state index in [1.165, 1.54) is 0 Å². The second-order valence-electron chi connectivity index (χ2n) is 5.26. The lowest BCUT2D eigenvalue weighted by Crippen LogP contribution is -2.02. The van der Waals surface area contributed by atoms with E-state index >= 15 is 0 Å². The molecule has 4 heteroatoms. The molecule has 21 heavy (non-hydrogen) atoms. The summed E-state index contributed by atoms with van der Waals surface area (Å²) < 4.78 is 2.22. The lowest BCUT2D eigenvalue weighted by Gasteiger charge is -2.11. The number of nitrogens with two attached hydrogens (primary N) is 1. The van der Waals surface area contributed by atoms with Crippen molar-refractivity contribution < 1.29 is 0 Å². The molecule has 0 bridgehead atoms. The highest BCUT2D eigenvalue weighted by Gasteiger charge is 2.15. The van der Waals surface area contributed by atoms with Crippen LogP contribution in [0.3, 0.4) is 0 Å². The van der Waals surface area contributed by atoms with Crippen LogP contribution in [0.4, 0.5) is 5.69 Å². The van der Waals surface area contributed by atoms with Gasteiger partial charge in [0, 0.05) is 22.8 Å². The third kappa shape index (κ3) is 2.38. The highest BCUT2D eigenvalue weighted by Crippen LogP contribution is 2.31. The van der Waals surface area contributed by atoms with Crippen LogP contribution in [0.2, 0.25) is 5.02 Å². The first-order chi connectivity index (χ1) is 10.1. The summed E-state index contributed by atoms with van der Waals surface area (Å²) in [4.78, 5) is 4.76. The second-order valence-corrected chi connectivity index (χ2v) is 5.69. The number of aromatic nitrogens is 2. The second kappa shape index (κ2) is 5.41. The molecule has 1 aromatic heterocycles. The van der Waals surface area contributed by atoms with Gasteiger partial charge in [-0.2, -0.15) is 0 Å². The van der Waals surface area contributed by atoms with E-state index in [0.717, 1.165) is 46.6 Å². The van der Waals surface area contributed by atoms with E-state index in [2.05, 4.69) is 11.5 Å². The fourth-order valence-electron chi connectivity index (χ4n) is 2.63. The molecule has 0 saturated carbocycles. The van der Waals surface area contributed by atoms with E-state index in [1.807, 2.05) is 43.3 Å². The lowest BCUT2D eigenvalue weighted by molar-refractivity contribution is 0.704. The summed E-state index contributed by atoms with van der Waals surface area (Å²) in [7, 11) is 0. The third-order valence-electron chi connectivity index (χ3n) is 3.72. The summed E-state index contributed by atoms with van der Waals surface area (Å²) >= 11 is 6.09. The maximum absolute atomic E-state index is 6.25. The quantitative estimate of drug-likeness (QED) is 0.715. The molecule has 0 atom stereocenters. The molecule has 0 amide bonds. The Hall–Kier alpha value is -2.00. The van der Waals surface area contributed by atoms with E-state index in [-0.39, 0.29) is 0 Å². The third-order valence-corrected chi connectivity index (χ3v) is 3.96. The number of aryl methyl sites for hydroxylation is 2. The molecule has 0 spiro atoms. The Kier molecular flexibility index (Phi) is 3.60. The average molecular weight is 300 g/mol. The molecule has 108 valence electrons. The number of benzene rings is 2. The molecule has 1 heterocycles. The summed E-state index contributed by atoms with van der Waals surface area (Å²) in [6.07, 6.45) is 1.03. The van der Waals surface area contributed by atoms with Crippen molar-refractivity contribution in [3.05, 3.63) is 47.0 Å². The molecule has 0 aliphatic heterocycles. The first kappa shape index (κ1) is 14.0. The zero-order valence-electron chi connectivity index (χ0n) is 12.2. The maximum atomic E-state index is 6.25. The fraction of sp³-hybridized carbons (Fsp3) is 0.235. The highest BCUT2D eigenvalue weighted by molar-refractivity contribution is 6.31. The predicted molar refractivity (Wildman–Crippen MR) is 89.6 cm³/mol. The van der Waals surface area contributed by atoms with E-state index in [0.29, 0.717) is 5.02 Å². The molecule has 2 N–H and O–H groups in total. The lowest BCUT2D eigenvalue weighted by atomic mass is 10.1. The first-order valence-electron chi connectivity index (χ1n) is 7.13. The smallest absolute Gasteiger partial charge is 0.143 e. The Balaban J connectivity index is 2.30.